The highest BCUT2D eigenvalue weighted by Gasteiger charge is 2.18. The lowest BCUT2D eigenvalue weighted by atomic mass is 9.99. The summed E-state index contributed by atoms with van der Waals surface area (Å²) in [5.74, 6) is 0. The lowest BCUT2D eigenvalue weighted by molar-refractivity contribution is 0.653. The Labute approximate surface area is 343 Å². The number of benzene rings is 8. The summed E-state index contributed by atoms with van der Waals surface area (Å²) < 4.78 is 6.09. The van der Waals surface area contributed by atoms with Gasteiger partial charge in [0, 0.05) is 51.2 Å². The Bertz CT molecular complexity index is 3480. The first-order valence-electron chi connectivity index (χ1n) is 19.7. The largest absolute Gasteiger partial charge is 0.438 e. The van der Waals surface area contributed by atoms with Crippen molar-refractivity contribution >= 4 is 82.5 Å². The van der Waals surface area contributed by atoms with E-state index in [0.29, 0.717) is 5.71 Å². The molecule has 0 amide bonds. The Hall–Kier alpha value is -8.36. The fourth-order valence-corrected chi connectivity index (χ4v) is 8.40. The van der Waals surface area contributed by atoms with Crippen LogP contribution < -0.4 is 4.90 Å². The van der Waals surface area contributed by atoms with Gasteiger partial charge in [-0.15, -0.1) is 0 Å². The van der Waals surface area contributed by atoms with Crippen molar-refractivity contribution < 1.29 is 4.42 Å². The van der Waals surface area contributed by atoms with Crippen LogP contribution >= 0.6 is 0 Å². The molecule has 0 fully saturated rings. The quantitative estimate of drug-likeness (QED) is 0.165. The molecule has 0 spiro atoms. The molecule has 4 heterocycles. The zero-order valence-electron chi connectivity index (χ0n) is 31.9. The maximum atomic E-state index is 6.09. The molecular weight excluding hydrogens is 739 g/mol. The van der Waals surface area contributed by atoms with E-state index in [0.717, 1.165) is 110 Å². The number of anilines is 3. The summed E-state index contributed by atoms with van der Waals surface area (Å²) in [5, 5.41) is 8.54. The lowest BCUT2D eigenvalue weighted by Gasteiger charge is -2.26. The number of rotatable bonds is 6. The summed E-state index contributed by atoms with van der Waals surface area (Å²) in [7, 11) is 0. The molecule has 0 unspecified atom stereocenters. The average Bonchev–Trinajstić information content (AvgIpc) is 3.70. The van der Waals surface area contributed by atoms with Crippen LogP contribution in [0.4, 0.5) is 17.1 Å². The Morgan fingerprint density at radius 1 is 0.383 bits per heavy atom. The van der Waals surface area contributed by atoms with Crippen LogP contribution in [0, 0.1) is 0 Å². The van der Waals surface area contributed by atoms with Gasteiger partial charge in [0.15, 0.2) is 0 Å². The van der Waals surface area contributed by atoms with E-state index in [1.54, 1.807) is 19.0 Å². The molecule has 0 aliphatic rings. The topological polar surface area (TPSA) is 93.7 Å². The van der Waals surface area contributed by atoms with Crippen LogP contribution in [0.3, 0.4) is 0 Å². The normalized spacial score (nSPS) is 11.7. The Morgan fingerprint density at radius 3 is 1.50 bits per heavy atom. The number of para-hydroxylation sites is 1. The number of fused-ring (bicyclic) bond motifs is 7. The highest BCUT2D eigenvalue weighted by Crippen LogP contribution is 2.41. The third-order valence-electron chi connectivity index (χ3n) is 11.4. The van der Waals surface area contributed by atoms with Gasteiger partial charge in [0.05, 0.1) is 22.1 Å². The highest BCUT2D eigenvalue weighted by atomic mass is 16.3. The second kappa shape index (κ2) is 13.6. The summed E-state index contributed by atoms with van der Waals surface area (Å²) in [6.45, 7) is 0. The number of hydrogen-bond acceptors (Lipinski definition) is 8. The smallest absolute Gasteiger partial charge is 0.230 e. The van der Waals surface area contributed by atoms with Crippen LogP contribution in [-0.2, 0) is 0 Å². The predicted octanol–water partition coefficient (Wildman–Crippen LogP) is 13.0. The van der Waals surface area contributed by atoms with E-state index in [1.807, 2.05) is 30.6 Å². The molecule has 12 rings (SSSR count). The minimum atomic E-state index is 0.578. The first-order chi connectivity index (χ1) is 29.7. The van der Waals surface area contributed by atoms with Crippen LogP contribution in [-0.4, -0.2) is 29.9 Å². The SMILES string of the molecule is c1ccc2c(c1)oc1ncnc(-c3ccc(N(c4ccc5cc(-c6ccc7cncnc7c6)ccc5c4)c4ccc5cc(-c6ccc7cncnc7c6)ccc5c4)cc3)c12. The molecule has 4 aromatic heterocycles. The minimum absolute atomic E-state index is 0.578. The van der Waals surface area contributed by atoms with Crippen molar-refractivity contribution in [1.82, 2.24) is 29.9 Å². The molecule has 0 saturated heterocycles. The van der Waals surface area contributed by atoms with E-state index in [4.69, 9.17) is 9.40 Å². The zero-order valence-corrected chi connectivity index (χ0v) is 31.9. The number of nitrogens with zero attached hydrogens (tertiary/aromatic N) is 7. The van der Waals surface area contributed by atoms with Gasteiger partial charge in [-0.05, 0) is 111 Å². The van der Waals surface area contributed by atoms with Crippen LogP contribution in [0.2, 0.25) is 0 Å². The third-order valence-corrected chi connectivity index (χ3v) is 11.4. The third kappa shape index (κ3) is 5.77. The molecular formula is C52H31N7O. The molecule has 0 aliphatic heterocycles. The van der Waals surface area contributed by atoms with Crippen LogP contribution in [0.15, 0.2) is 194 Å². The molecule has 0 N–H and O–H groups in total. The number of aromatic nitrogens is 6. The summed E-state index contributed by atoms with van der Waals surface area (Å²) in [5.41, 5.74) is 12.7. The van der Waals surface area contributed by atoms with Gasteiger partial charge >= 0.3 is 0 Å². The molecule has 8 aromatic carbocycles. The van der Waals surface area contributed by atoms with Crippen LogP contribution in [0.25, 0.3) is 98.9 Å². The fourth-order valence-electron chi connectivity index (χ4n) is 8.40. The Kier molecular flexibility index (Phi) is 7.67. The maximum Gasteiger partial charge on any atom is 0.230 e. The van der Waals surface area contributed by atoms with Gasteiger partial charge in [-0.25, -0.2) is 29.9 Å². The van der Waals surface area contributed by atoms with E-state index in [9.17, 15) is 0 Å². The average molecular weight is 770 g/mol. The van der Waals surface area contributed by atoms with Crippen LogP contribution in [0.1, 0.15) is 0 Å². The van der Waals surface area contributed by atoms with Gasteiger partial charge in [-0.2, -0.15) is 0 Å². The molecule has 280 valence electrons. The molecule has 0 atom stereocenters. The molecule has 0 bridgehead atoms. The lowest BCUT2D eigenvalue weighted by Crippen LogP contribution is -2.10. The van der Waals surface area contributed by atoms with Crippen LogP contribution in [0.5, 0.6) is 0 Å². The second-order valence-corrected chi connectivity index (χ2v) is 15.0. The Morgan fingerprint density at radius 2 is 0.883 bits per heavy atom. The zero-order chi connectivity index (χ0) is 39.6. The van der Waals surface area contributed by atoms with Crippen molar-refractivity contribution in [3.63, 3.8) is 0 Å². The van der Waals surface area contributed by atoms with E-state index in [-0.39, 0.29) is 0 Å². The standard InChI is InChI=1S/C52H31N7O/c1-2-4-49-46(3-1)50-51(57-31-58-52(50)60-49)32-13-17-43(18-14-32)59(44-19-15-35-21-33(5-7-37(35)23-44)39-9-11-41-27-53-29-55-47(41)25-39)45-20-16-36-22-34(6-8-38(36)24-45)40-10-12-42-28-54-30-56-48(42)26-40/h1-31H. The molecule has 0 aliphatic carbocycles. The molecule has 60 heavy (non-hydrogen) atoms. The Balaban J connectivity index is 0.955. The van der Waals surface area contributed by atoms with Gasteiger partial charge in [0.25, 0.3) is 0 Å². The summed E-state index contributed by atoms with van der Waals surface area (Å²) in [6.07, 6.45) is 8.46. The van der Waals surface area contributed by atoms with Crippen molar-refractivity contribution in [2.24, 2.45) is 0 Å². The van der Waals surface area contributed by atoms with Crippen molar-refractivity contribution in [1.29, 1.82) is 0 Å². The summed E-state index contributed by atoms with van der Waals surface area (Å²) in [4.78, 5) is 28.8. The van der Waals surface area contributed by atoms with Gasteiger partial charge < -0.3 is 9.32 Å². The van der Waals surface area contributed by atoms with E-state index in [1.165, 1.54) is 0 Å². The van der Waals surface area contributed by atoms with Crippen molar-refractivity contribution in [3.05, 3.63) is 189 Å². The molecule has 8 heteroatoms. The summed E-state index contributed by atoms with van der Waals surface area (Å²) >= 11 is 0. The fraction of sp³-hybridized carbons (Fsp3) is 0. The highest BCUT2D eigenvalue weighted by molar-refractivity contribution is 6.10. The molecule has 0 saturated carbocycles. The van der Waals surface area contributed by atoms with Gasteiger partial charge in [0.2, 0.25) is 5.71 Å². The van der Waals surface area contributed by atoms with Crippen molar-refractivity contribution in [2.75, 3.05) is 4.90 Å². The number of furan rings is 1. The van der Waals surface area contributed by atoms with Crippen molar-refractivity contribution in [2.45, 2.75) is 0 Å². The first kappa shape index (κ1) is 33.7. The number of hydrogen-bond donors (Lipinski definition) is 0. The minimum Gasteiger partial charge on any atom is -0.438 e. The predicted molar refractivity (Wildman–Crippen MR) is 242 cm³/mol. The second-order valence-electron chi connectivity index (χ2n) is 15.0. The van der Waals surface area contributed by atoms with Gasteiger partial charge in [-0.1, -0.05) is 91.0 Å². The summed E-state index contributed by atoms with van der Waals surface area (Å²) in [6, 6.07) is 55.9. The first-order valence-corrected chi connectivity index (χ1v) is 19.7. The van der Waals surface area contributed by atoms with Gasteiger partial charge in [-0.3, -0.25) is 0 Å². The molecule has 8 nitrogen and oxygen atoms in total. The van der Waals surface area contributed by atoms with Gasteiger partial charge in [0.1, 0.15) is 24.6 Å². The molecule has 0 radical (unpaired) electrons. The van der Waals surface area contributed by atoms with E-state index in [2.05, 4.69) is 169 Å². The van der Waals surface area contributed by atoms with Crippen molar-refractivity contribution in [3.8, 4) is 33.5 Å². The van der Waals surface area contributed by atoms with E-state index >= 15 is 0 Å². The monoisotopic (exact) mass is 769 g/mol. The molecule has 12 aromatic rings. The van der Waals surface area contributed by atoms with E-state index < -0.39 is 0 Å². The maximum absolute atomic E-state index is 6.09.